The predicted molar refractivity (Wildman–Crippen MR) is 70.6 cm³/mol. The van der Waals surface area contributed by atoms with Crippen molar-refractivity contribution in [2.75, 3.05) is 13.6 Å². The highest BCUT2D eigenvalue weighted by molar-refractivity contribution is 5.18. The molecule has 0 aromatic heterocycles. The molecule has 1 nitrogen and oxygen atoms in total. The van der Waals surface area contributed by atoms with E-state index in [0.29, 0.717) is 5.41 Å². The molecule has 0 amide bonds. The summed E-state index contributed by atoms with van der Waals surface area (Å²) in [6, 6.07) is 0. The molecule has 1 saturated carbocycles. The van der Waals surface area contributed by atoms with Crippen molar-refractivity contribution < 1.29 is 0 Å². The molecule has 2 aliphatic carbocycles. The van der Waals surface area contributed by atoms with Crippen LogP contribution in [-0.2, 0) is 0 Å². The normalized spacial score (nSPS) is 25.9. The van der Waals surface area contributed by atoms with Gasteiger partial charge in [-0.2, -0.15) is 0 Å². The van der Waals surface area contributed by atoms with Crippen LogP contribution < -0.4 is 5.32 Å². The SMILES string of the molecule is CNCC1(C2=CCCCC2)CCCCCC1. The molecule has 2 aliphatic rings. The first-order valence-corrected chi connectivity index (χ1v) is 7.21. The molecule has 16 heavy (non-hydrogen) atoms. The number of rotatable bonds is 3. The second kappa shape index (κ2) is 5.86. The Morgan fingerprint density at radius 3 is 2.38 bits per heavy atom. The fourth-order valence-electron chi connectivity index (χ4n) is 3.67. The largest absolute Gasteiger partial charge is 0.319 e. The molecular weight excluding hydrogens is 194 g/mol. The lowest BCUT2D eigenvalue weighted by Crippen LogP contribution is -2.34. The van der Waals surface area contributed by atoms with E-state index in [9.17, 15) is 0 Å². The zero-order chi connectivity index (χ0) is 11.3. The van der Waals surface area contributed by atoms with Crippen molar-refractivity contribution in [3.8, 4) is 0 Å². The Kier molecular flexibility index (Phi) is 4.45. The van der Waals surface area contributed by atoms with E-state index in [0.717, 1.165) is 0 Å². The van der Waals surface area contributed by atoms with E-state index in [-0.39, 0.29) is 0 Å². The summed E-state index contributed by atoms with van der Waals surface area (Å²) < 4.78 is 0. The van der Waals surface area contributed by atoms with E-state index in [2.05, 4.69) is 18.4 Å². The highest BCUT2D eigenvalue weighted by Crippen LogP contribution is 2.44. The van der Waals surface area contributed by atoms with Crippen LogP contribution in [-0.4, -0.2) is 13.6 Å². The molecule has 1 fully saturated rings. The summed E-state index contributed by atoms with van der Waals surface area (Å²) in [5, 5.41) is 3.46. The zero-order valence-electron chi connectivity index (χ0n) is 10.9. The van der Waals surface area contributed by atoms with Crippen LogP contribution in [0.3, 0.4) is 0 Å². The minimum absolute atomic E-state index is 0.533. The lowest BCUT2D eigenvalue weighted by atomic mass is 9.70. The molecule has 0 aromatic carbocycles. The molecule has 0 saturated heterocycles. The van der Waals surface area contributed by atoms with Crippen molar-refractivity contribution in [2.24, 2.45) is 5.41 Å². The Balaban J connectivity index is 2.14. The topological polar surface area (TPSA) is 12.0 Å². The molecule has 0 atom stereocenters. The van der Waals surface area contributed by atoms with E-state index < -0.39 is 0 Å². The fraction of sp³-hybridized carbons (Fsp3) is 0.867. The molecule has 1 heteroatoms. The lowest BCUT2D eigenvalue weighted by Gasteiger charge is -2.37. The van der Waals surface area contributed by atoms with Crippen LogP contribution in [0.1, 0.15) is 64.2 Å². The zero-order valence-corrected chi connectivity index (χ0v) is 10.9. The monoisotopic (exact) mass is 221 g/mol. The molecule has 2 rings (SSSR count). The number of hydrogen-bond donors (Lipinski definition) is 1. The van der Waals surface area contributed by atoms with Crippen molar-refractivity contribution in [1.29, 1.82) is 0 Å². The summed E-state index contributed by atoms with van der Waals surface area (Å²) in [5.74, 6) is 0. The summed E-state index contributed by atoms with van der Waals surface area (Å²) in [6.07, 6.45) is 16.8. The van der Waals surface area contributed by atoms with Gasteiger partial charge in [-0.05, 0) is 45.6 Å². The number of nitrogens with one attached hydrogen (secondary N) is 1. The Labute approximate surface area is 101 Å². The summed E-state index contributed by atoms with van der Waals surface area (Å²) in [7, 11) is 2.12. The van der Waals surface area contributed by atoms with Crippen LogP contribution >= 0.6 is 0 Å². The van der Waals surface area contributed by atoms with Gasteiger partial charge in [0.1, 0.15) is 0 Å². The first-order valence-electron chi connectivity index (χ1n) is 7.21. The first kappa shape index (κ1) is 12.2. The standard InChI is InChI=1S/C15H27N/c1-16-13-15(11-7-2-3-8-12-15)14-9-5-4-6-10-14/h9,16H,2-8,10-13H2,1H3. The molecular formula is C15H27N. The van der Waals surface area contributed by atoms with Gasteiger partial charge in [0.05, 0.1) is 0 Å². The van der Waals surface area contributed by atoms with Crippen LogP contribution in [0.2, 0.25) is 0 Å². The van der Waals surface area contributed by atoms with Crippen molar-refractivity contribution in [3.63, 3.8) is 0 Å². The maximum atomic E-state index is 3.46. The van der Waals surface area contributed by atoms with Gasteiger partial charge in [0.15, 0.2) is 0 Å². The summed E-state index contributed by atoms with van der Waals surface area (Å²) in [5.41, 5.74) is 2.33. The molecule has 0 aliphatic heterocycles. The van der Waals surface area contributed by atoms with Gasteiger partial charge in [-0.3, -0.25) is 0 Å². The maximum Gasteiger partial charge on any atom is 0.00422 e. The third-order valence-corrected chi connectivity index (χ3v) is 4.55. The van der Waals surface area contributed by atoms with Crippen molar-refractivity contribution in [3.05, 3.63) is 11.6 Å². The number of allylic oxidation sites excluding steroid dienone is 1. The molecule has 0 unspecified atom stereocenters. The maximum absolute atomic E-state index is 3.46. The van der Waals surface area contributed by atoms with Gasteiger partial charge in [-0.25, -0.2) is 0 Å². The van der Waals surface area contributed by atoms with E-state index in [1.807, 2.05) is 0 Å². The second-order valence-corrected chi connectivity index (χ2v) is 5.70. The molecule has 0 spiro atoms. The summed E-state index contributed by atoms with van der Waals surface area (Å²) >= 11 is 0. The van der Waals surface area contributed by atoms with Gasteiger partial charge >= 0.3 is 0 Å². The molecule has 92 valence electrons. The quantitative estimate of drug-likeness (QED) is 0.560. The first-order chi connectivity index (χ1) is 7.87. The Hall–Kier alpha value is -0.300. The van der Waals surface area contributed by atoms with Gasteiger partial charge in [-0.1, -0.05) is 37.3 Å². The lowest BCUT2D eigenvalue weighted by molar-refractivity contribution is 0.281. The molecule has 0 bridgehead atoms. The van der Waals surface area contributed by atoms with Gasteiger partial charge in [0, 0.05) is 12.0 Å². The van der Waals surface area contributed by atoms with Gasteiger partial charge in [0.25, 0.3) is 0 Å². The van der Waals surface area contributed by atoms with Crippen LogP contribution in [0.15, 0.2) is 11.6 Å². The summed E-state index contributed by atoms with van der Waals surface area (Å²) in [6.45, 7) is 1.21. The predicted octanol–water partition coefficient (Wildman–Crippen LogP) is 4.05. The highest BCUT2D eigenvalue weighted by Gasteiger charge is 2.34. The van der Waals surface area contributed by atoms with Crippen LogP contribution in [0.25, 0.3) is 0 Å². The van der Waals surface area contributed by atoms with Crippen LogP contribution in [0.5, 0.6) is 0 Å². The Morgan fingerprint density at radius 2 is 1.81 bits per heavy atom. The minimum atomic E-state index is 0.533. The molecule has 0 heterocycles. The Bertz CT molecular complexity index is 234. The van der Waals surface area contributed by atoms with Gasteiger partial charge in [-0.15, -0.1) is 0 Å². The van der Waals surface area contributed by atoms with E-state index in [1.54, 1.807) is 5.57 Å². The van der Waals surface area contributed by atoms with Crippen molar-refractivity contribution >= 4 is 0 Å². The third-order valence-electron chi connectivity index (χ3n) is 4.55. The molecule has 0 aromatic rings. The van der Waals surface area contributed by atoms with Gasteiger partial charge in [0.2, 0.25) is 0 Å². The minimum Gasteiger partial charge on any atom is -0.319 e. The van der Waals surface area contributed by atoms with E-state index in [4.69, 9.17) is 0 Å². The van der Waals surface area contributed by atoms with Crippen LogP contribution in [0.4, 0.5) is 0 Å². The summed E-state index contributed by atoms with van der Waals surface area (Å²) in [4.78, 5) is 0. The third kappa shape index (κ3) is 2.68. The smallest absolute Gasteiger partial charge is 0.00422 e. The van der Waals surface area contributed by atoms with Gasteiger partial charge < -0.3 is 5.32 Å². The highest BCUT2D eigenvalue weighted by atomic mass is 14.8. The molecule has 0 radical (unpaired) electrons. The number of hydrogen-bond acceptors (Lipinski definition) is 1. The average Bonchev–Trinajstić information content (AvgIpc) is 2.57. The van der Waals surface area contributed by atoms with E-state index >= 15 is 0 Å². The van der Waals surface area contributed by atoms with E-state index in [1.165, 1.54) is 70.8 Å². The second-order valence-electron chi connectivity index (χ2n) is 5.70. The average molecular weight is 221 g/mol. The van der Waals surface area contributed by atoms with Crippen molar-refractivity contribution in [1.82, 2.24) is 5.32 Å². The van der Waals surface area contributed by atoms with Crippen molar-refractivity contribution in [2.45, 2.75) is 64.2 Å². The fourth-order valence-corrected chi connectivity index (χ4v) is 3.67. The Morgan fingerprint density at radius 1 is 1.06 bits per heavy atom. The molecule has 1 N–H and O–H groups in total. The van der Waals surface area contributed by atoms with Crippen LogP contribution in [0, 0.1) is 5.41 Å².